The van der Waals surface area contributed by atoms with Crippen molar-refractivity contribution in [1.29, 1.82) is 0 Å². The SMILES string of the molecule is O=C(NCc1ccccc1)c1ccc2c(c1)CCN(C1=CC=C1)CC2. The Balaban J connectivity index is 1.42. The van der Waals surface area contributed by atoms with Crippen LogP contribution in [0.2, 0.25) is 0 Å². The van der Waals surface area contributed by atoms with Gasteiger partial charge in [0.05, 0.1) is 0 Å². The molecule has 4 rings (SSSR count). The fraction of sp³-hybridized carbons (Fsp3) is 0.227. The molecule has 25 heavy (non-hydrogen) atoms. The molecule has 2 aromatic rings. The average Bonchev–Trinajstić information content (AvgIpc) is 2.81. The number of benzene rings is 2. The molecule has 1 amide bonds. The molecule has 0 fully saturated rings. The second kappa shape index (κ2) is 6.98. The highest BCUT2D eigenvalue weighted by Crippen LogP contribution is 2.22. The number of rotatable bonds is 4. The van der Waals surface area contributed by atoms with E-state index in [4.69, 9.17) is 0 Å². The van der Waals surface area contributed by atoms with E-state index in [-0.39, 0.29) is 5.91 Å². The maximum Gasteiger partial charge on any atom is 0.251 e. The van der Waals surface area contributed by atoms with Crippen molar-refractivity contribution < 1.29 is 4.79 Å². The van der Waals surface area contributed by atoms with Crippen LogP contribution < -0.4 is 5.32 Å². The lowest BCUT2D eigenvalue weighted by atomic mass is 10.00. The van der Waals surface area contributed by atoms with E-state index >= 15 is 0 Å². The molecule has 0 spiro atoms. The predicted molar refractivity (Wildman–Crippen MR) is 100 cm³/mol. The van der Waals surface area contributed by atoms with E-state index in [1.54, 1.807) is 0 Å². The molecule has 3 nitrogen and oxygen atoms in total. The summed E-state index contributed by atoms with van der Waals surface area (Å²) < 4.78 is 0. The van der Waals surface area contributed by atoms with Crippen LogP contribution >= 0.6 is 0 Å². The summed E-state index contributed by atoms with van der Waals surface area (Å²) in [4.78, 5) is 14.9. The number of fused-ring (bicyclic) bond motifs is 1. The number of carbonyl (C=O) groups excluding carboxylic acids is 1. The molecule has 3 heteroatoms. The second-order valence-electron chi connectivity index (χ2n) is 6.59. The van der Waals surface area contributed by atoms with Gasteiger partial charge in [0.15, 0.2) is 0 Å². The molecule has 1 heterocycles. The van der Waals surface area contributed by atoms with Gasteiger partial charge in [-0.05, 0) is 53.8 Å². The summed E-state index contributed by atoms with van der Waals surface area (Å²) in [6, 6.07) is 16.2. The third kappa shape index (κ3) is 3.50. The molecule has 0 bridgehead atoms. The van der Waals surface area contributed by atoms with Crippen molar-refractivity contribution in [3.8, 4) is 0 Å². The fourth-order valence-electron chi connectivity index (χ4n) is 3.40. The molecule has 1 N–H and O–H groups in total. The number of hydrogen-bond acceptors (Lipinski definition) is 2. The number of allylic oxidation sites excluding steroid dienone is 3. The first kappa shape index (κ1) is 15.7. The van der Waals surface area contributed by atoms with Gasteiger partial charge in [-0.15, -0.1) is 0 Å². The summed E-state index contributed by atoms with van der Waals surface area (Å²) in [6.07, 6.45) is 8.44. The Hall–Kier alpha value is -2.81. The van der Waals surface area contributed by atoms with Crippen LogP contribution in [0.1, 0.15) is 27.0 Å². The highest BCUT2D eigenvalue weighted by molar-refractivity contribution is 5.94. The summed E-state index contributed by atoms with van der Waals surface area (Å²) in [5, 5.41) is 3.02. The van der Waals surface area contributed by atoms with Gasteiger partial charge in [0.1, 0.15) is 0 Å². The first-order valence-electron chi connectivity index (χ1n) is 8.87. The van der Waals surface area contributed by atoms with Crippen molar-refractivity contribution in [3.05, 3.63) is 94.7 Å². The Bertz CT molecular complexity index is 836. The minimum Gasteiger partial charge on any atom is -0.371 e. The van der Waals surface area contributed by atoms with Crippen molar-refractivity contribution in [2.75, 3.05) is 13.1 Å². The molecule has 0 radical (unpaired) electrons. The summed E-state index contributed by atoms with van der Waals surface area (Å²) >= 11 is 0. The molecule has 0 saturated heterocycles. The Morgan fingerprint density at radius 1 is 1.00 bits per heavy atom. The topological polar surface area (TPSA) is 32.3 Å². The van der Waals surface area contributed by atoms with Gasteiger partial charge in [0, 0.05) is 30.9 Å². The molecule has 2 aliphatic rings. The van der Waals surface area contributed by atoms with Gasteiger partial charge in [-0.3, -0.25) is 4.79 Å². The lowest BCUT2D eigenvalue weighted by Crippen LogP contribution is -2.26. The Kier molecular flexibility index (Phi) is 4.38. The molecule has 1 aliphatic carbocycles. The zero-order valence-corrected chi connectivity index (χ0v) is 14.2. The summed E-state index contributed by atoms with van der Waals surface area (Å²) in [5.41, 5.74) is 5.87. The van der Waals surface area contributed by atoms with Crippen molar-refractivity contribution in [3.63, 3.8) is 0 Å². The second-order valence-corrected chi connectivity index (χ2v) is 6.59. The van der Waals surface area contributed by atoms with Gasteiger partial charge in [-0.1, -0.05) is 42.5 Å². The number of nitrogens with zero attached hydrogens (tertiary/aromatic N) is 1. The number of amides is 1. The van der Waals surface area contributed by atoms with Crippen molar-refractivity contribution in [2.45, 2.75) is 19.4 Å². The lowest BCUT2D eigenvalue weighted by molar-refractivity contribution is 0.0951. The normalized spacial score (nSPS) is 15.7. The minimum atomic E-state index is -0.00242. The van der Waals surface area contributed by atoms with Crippen LogP contribution in [0.4, 0.5) is 0 Å². The highest BCUT2D eigenvalue weighted by Gasteiger charge is 2.17. The van der Waals surface area contributed by atoms with E-state index in [0.29, 0.717) is 6.54 Å². The minimum absolute atomic E-state index is 0.00242. The number of nitrogens with one attached hydrogen (secondary N) is 1. The van der Waals surface area contributed by atoms with E-state index in [2.05, 4.69) is 40.6 Å². The van der Waals surface area contributed by atoms with Crippen molar-refractivity contribution >= 4 is 5.91 Å². The zero-order chi connectivity index (χ0) is 17.1. The summed E-state index contributed by atoms with van der Waals surface area (Å²) in [5.74, 6) is -0.00242. The van der Waals surface area contributed by atoms with Crippen molar-refractivity contribution in [1.82, 2.24) is 10.2 Å². The molecule has 0 saturated carbocycles. The van der Waals surface area contributed by atoms with Gasteiger partial charge in [-0.2, -0.15) is 0 Å². The third-order valence-electron chi connectivity index (χ3n) is 4.97. The van der Waals surface area contributed by atoms with E-state index in [1.165, 1.54) is 16.8 Å². The van der Waals surface area contributed by atoms with Gasteiger partial charge in [0.2, 0.25) is 0 Å². The Morgan fingerprint density at radius 3 is 2.48 bits per heavy atom. The predicted octanol–water partition coefficient (Wildman–Crippen LogP) is 3.47. The highest BCUT2D eigenvalue weighted by atomic mass is 16.1. The first-order chi connectivity index (χ1) is 12.3. The van der Waals surface area contributed by atoms with Crippen LogP contribution in [0.15, 0.2) is 72.5 Å². The van der Waals surface area contributed by atoms with E-state index in [9.17, 15) is 4.79 Å². The standard InChI is InChI=1S/C22H22N2O/c25-22(23-16-17-5-2-1-3-6-17)20-10-9-18-11-13-24(21-7-4-8-21)14-12-19(18)15-20/h1-10,15H,11-14,16H2,(H,23,25). The molecule has 0 atom stereocenters. The number of hydrogen-bond donors (Lipinski definition) is 1. The molecule has 126 valence electrons. The largest absolute Gasteiger partial charge is 0.371 e. The Morgan fingerprint density at radius 2 is 1.76 bits per heavy atom. The van der Waals surface area contributed by atoms with Crippen LogP contribution in [0, 0.1) is 0 Å². The molecular formula is C22H22N2O. The first-order valence-corrected chi connectivity index (χ1v) is 8.87. The van der Waals surface area contributed by atoms with E-state index in [1.807, 2.05) is 36.4 Å². The maximum absolute atomic E-state index is 12.5. The van der Waals surface area contributed by atoms with Crippen LogP contribution in [0.25, 0.3) is 0 Å². The van der Waals surface area contributed by atoms with Crippen molar-refractivity contribution in [2.24, 2.45) is 0 Å². The quantitative estimate of drug-likeness (QED) is 0.931. The molecule has 0 unspecified atom stereocenters. The number of carbonyl (C=O) groups is 1. The molecule has 1 aliphatic heterocycles. The Labute approximate surface area is 148 Å². The van der Waals surface area contributed by atoms with Gasteiger partial charge in [0.25, 0.3) is 5.91 Å². The van der Waals surface area contributed by atoms with E-state index in [0.717, 1.165) is 37.1 Å². The van der Waals surface area contributed by atoms with Crippen LogP contribution in [-0.4, -0.2) is 23.9 Å². The lowest BCUT2D eigenvalue weighted by Gasteiger charge is -2.26. The zero-order valence-electron chi connectivity index (χ0n) is 14.2. The van der Waals surface area contributed by atoms with Crippen LogP contribution in [0.3, 0.4) is 0 Å². The fourth-order valence-corrected chi connectivity index (χ4v) is 3.40. The molecular weight excluding hydrogens is 308 g/mol. The van der Waals surface area contributed by atoms with Crippen LogP contribution in [0.5, 0.6) is 0 Å². The molecule has 2 aromatic carbocycles. The van der Waals surface area contributed by atoms with E-state index < -0.39 is 0 Å². The maximum atomic E-state index is 12.5. The average molecular weight is 330 g/mol. The van der Waals surface area contributed by atoms with Crippen LogP contribution in [-0.2, 0) is 19.4 Å². The smallest absolute Gasteiger partial charge is 0.251 e. The van der Waals surface area contributed by atoms with Gasteiger partial charge < -0.3 is 10.2 Å². The third-order valence-corrected chi connectivity index (χ3v) is 4.97. The monoisotopic (exact) mass is 330 g/mol. The molecule has 0 aromatic heterocycles. The van der Waals surface area contributed by atoms with Gasteiger partial charge in [-0.25, -0.2) is 0 Å². The summed E-state index contributed by atoms with van der Waals surface area (Å²) in [7, 11) is 0. The van der Waals surface area contributed by atoms with Gasteiger partial charge >= 0.3 is 0 Å². The summed E-state index contributed by atoms with van der Waals surface area (Å²) in [6.45, 7) is 2.62.